The molecule has 0 aliphatic rings. The van der Waals surface area contributed by atoms with Gasteiger partial charge in [0.1, 0.15) is 9.79 Å². The van der Waals surface area contributed by atoms with Gasteiger partial charge in [0.25, 0.3) is 40.5 Å². The van der Waals surface area contributed by atoms with Crippen LogP contribution in [0.25, 0.3) is 12.2 Å². The van der Waals surface area contributed by atoms with Crippen molar-refractivity contribution in [1.82, 2.24) is 29.9 Å². The van der Waals surface area contributed by atoms with Gasteiger partial charge in [0.05, 0.1) is 49.1 Å². The fourth-order valence-electron chi connectivity index (χ4n) is 5.99. The molecule has 4 unspecified atom stereocenters. The van der Waals surface area contributed by atoms with Crippen LogP contribution in [0.1, 0.15) is 25.0 Å². The van der Waals surface area contributed by atoms with Gasteiger partial charge >= 0.3 is 0 Å². The summed E-state index contributed by atoms with van der Waals surface area (Å²) in [7, 11) is -19.0. The summed E-state index contributed by atoms with van der Waals surface area (Å²) in [6, 6.07) is 6.79. The van der Waals surface area contributed by atoms with E-state index < -0.39 is 112 Å². The topological polar surface area (TPSA) is 471 Å². The quantitative estimate of drug-likeness (QED) is 0.0214. The minimum Gasteiger partial charge on any atom is -0.394 e. The first-order valence-electron chi connectivity index (χ1n) is 20.3. The Labute approximate surface area is 401 Å². The Morgan fingerprint density at radius 2 is 0.871 bits per heavy atom. The molecule has 0 spiro atoms. The molecule has 4 rings (SSSR count). The molecule has 4 atom stereocenters. The molecule has 0 aliphatic carbocycles. The highest BCUT2D eigenvalue weighted by atomic mass is 32.2. The third-order valence-corrected chi connectivity index (χ3v) is 12.1. The van der Waals surface area contributed by atoms with E-state index in [0.29, 0.717) is 0 Å². The largest absolute Gasteiger partial charge is 0.394 e. The average molecular weight is 1070 g/mol. The van der Waals surface area contributed by atoms with Crippen LogP contribution in [0.5, 0.6) is 0 Å². The highest BCUT2D eigenvalue weighted by molar-refractivity contribution is 7.86. The number of aromatic nitrogens is 6. The van der Waals surface area contributed by atoms with Crippen molar-refractivity contribution in [3.8, 4) is 0 Å². The second-order valence-electron chi connectivity index (χ2n) is 15.2. The molecule has 30 nitrogen and oxygen atoms in total. The van der Waals surface area contributed by atoms with Gasteiger partial charge in [-0.25, -0.2) is 0 Å². The summed E-state index contributed by atoms with van der Waals surface area (Å²) >= 11 is 0. The second-order valence-corrected chi connectivity index (χ2v) is 21.1. The lowest BCUT2D eigenvalue weighted by Gasteiger charge is -2.26. The number of aliphatic hydroxyl groups excluding tert-OH is 6. The summed E-state index contributed by atoms with van der Waals surface area (Å²) in [5.41, 5.74) is -0.619. The normalized spacial score (nSPS) is 14.2. The molecule has 0 aliphatic heterocycles. The molecule has 34 heteroatoms. The maximum absolute atomic E-state index is 12.7. The number of nitrogens with zero attached hydrogens (tertiary/aromatic N) is 8. The Kier molecular flexibility index (Phi) is 19.9. The van der Waals surface area contributed by atoms with Crippen LogP contribution in [-0.2, 0) is 40.5 Å². The molecular weight excluding hydrogens is 1020 g/mol. The molecule has 0 amide bonds. The minimum absolute atomic E-state index is 0.0887. The number of benzene rings is 2. The summed E-state index contributed by atoms with van der Waals surface area (Å²) in [5, 5.41) is 69.9. The fourth-order valence-corrected chi connectivity index (χ4v) is 8.13. The molecule has 0 radical (unpaired) electrons. The van der Waals surface area contributed by atoms with E-state index in [-0.39, 0.29) is 84.4 Å². The molecule has 2 heterocycles. The Morgan fingerprint density at radius 1 is 0.529 bits per heavy atom. The van der Waals surface area contributed by atoms with E-state index in [1.54, 1.807) is 0 Å². The number of anilines is 8. The molecule has 0 saturated heterocycles. The number of aliphatic hydroxyl groups is 6. The summed E-state index contributed by atoms with van der Waals surface area (Å²) < 4.78 is 135. The van der Waals surface area contributed by atoms with Crippen LogP contribution in [0.2, 0.25) is 0 Å². The van der Waals surface area contributed by atoms with Gasteiger partial charge in [0.15, 0.2) is 0 Å². The standard InChI is InChI=1S/C36H52N12O18S4/c1-21(51)15-47(17-27(53)19-49)35-43-31(37-9-11-67(55,56)57)41-33(45-35)39-25-7-5-23(29(13-25)69(61,62)63)3-4-24-6-8-26(14-30(24)70(64,65)66)40-34-42-32(38-10-12-68(58,59)60)44-36(46-34)48(16-22(2)52)18-28(54)20-50/h3-8,13-14,21-22,27-28,49-54H,9-12,15-20H2,1-2H3,(H,55,56,57)(H,58,59,60)(H,61,62,63)(H,64,65,66)(H2,37,39,41,43,45)(H2,38,40,42,44,46)/b4-3+. The van der Waals surface area contributed by atoms with Crippen molar-refractivity contribution in [2.45, 2.75) is 48.1 Å². The maximum atomic E-state index is 12.7. The molecule has 2 aromatic carbocycles. The number of nitrogens with one attached hydrogen (secondary N) is 4. The van der Waals surface area contributed by atoms with Gasteiger partial charge < -0.3 is 61.7 Å². The van der Waals surface area contributed by atoms with Crippen LogP contribution in [0.15, 0.2) is 46.2 Å². The van der Waals surface area contributed by atoms with Crippen LogP contribution in [0, 0.1) is 0 Å². The highest BCUT2D eigenvalue weighted by Crippen LogP contribution is 2.29. The molecule has 388 valence electrons. The number of hydrogen-bond acceptors (Lipinski definition) is 26. The van der Waals surface area contributed by atoms with E-state index >= 15 is 0 Å². The molecular formula is C36H52N12O18S4. The lowest BCUT2D eigenvalue weighted by molar-refractivity contribution is 0.0967. The Morgan fingerprint density at radius 3 is 1.17 bits per heavy atom. The van der Waals surface area contributed by atoms with Gasteiger partial charge in [0, 0.05) is 50.6 Å². The van der Waals surface area contributed by atoms with E-state index in [1.165, 1.54) is 47.9 Å². The fraction of sp³-hybridized carbons (Fsp3) is 0.444. The average Bonchev–Trinajstić information content (AvgIpc) is 3.23. The third kappa shape index (κ3) is 19.0. The second kappa shape index (κ2) is 24.5. The molecule has 70 heavy (non-hydrogen) atoms. The lowest BCUT2D eigenvalue weighted by atomic mass is 10.1. The van der Waals surface area contributed by atoms with Gasteiger partial charge in [0.2, 0.25) is 35.7 Å². The predicted octanol–water partition coefficient (Wildman–Crippen LogP) is -2.11. The van der Waals surface area contributed by atoms with Crippen molar-refractivity contribution in [2.75, 3.05) is 95.1 Å². The lowest BCUT2D eigenvalue weighted by Crippen LogP contribution is -2.40. The van der Waals surface area contributed by atoms with Crippen molar-refractivity contribution in [2.24, 2.45) is 0 Å². The maximum Gasteiger partial charge on any atom is 0.295 e. The Bertz CT molecular complexity index is 2720. The first-order valence-corrected chi connectivity index (χ1v) is 26.4. The van der Waals surface area contributed by atoms with Gasteiger partial charge in [-0.2, -0.15) is 63.6 Å². The molecule has 0 saturated carbocycles. The molecule has 14 N–H and O–H groups in total. The van der Waals surface area contributed by atoms with Crippen molar-refractivity contribution in [3.63, 3.8) is 0 Å². The number of rotatable bonds is 28. The van der Waals surface area contributed by atoms with Crippen molar-refractivity contribution < 1.29 is 82.5 Å². The zero-order valence-corrected chi connectivity index (χ0v) is 40.2. The molecule has 0 fully saturated rings. The van der Waals surface area contributed by atoms with Gasteiger partial charge in [-0.05, 0) is 49.2 Å². The van der Waals surface area contributed by atoms with Crippen LogP contribution in [-0.4, -0.2) is 201 Å². The first-order chi connectivity index (χ1) is 32.5. The zero-order chi connectivity index (χ0) is 52.2. The first kappa shape index (κ1) is 57.0. The summed E-state index contributed by atoms with van der Waals surface area (Å²) in [4.78, 5) is 26.1. The molecule has 0 bridgehead atoms. The van der Waals surface area contributed by atoms with Gasteiger partial charge in [-0.1, -0.05) is 24.3 Å². The highest BCUT2D eigenvalue weighted by Gasteiger charge is 2.23. The SMILES string of the molecule is CC(O)CN(CC(O)CO)c1nc(NCCS(=O)(=O)O)nc(Nc2ccc(/C=C/c3ccc(Nc4nc(NCCS(=O)(=O)O)nc(N(CC(C)O)CC(O)CO)n4)cc3S(=O)(=O)O)c(S(=O)(=O)O)c2)n1. The van der Waals surface area contributed by atoms with Crippen LogP contribution in [0.3, 0.4) is 0 Å². The van der Waals surface area contributed by atoms with Crippen LogP contribution >= 0.6 is 0 Å². The third-order valence-electron chi connectivity index (χ3n) is 8.89. The predicted molar refractivity (Wildman–Crippen MR) is 251 cm³/mol. The molecule has 2 aromatic heterocycles. The number of hydrogen-bond donors (Lipinski definition) is 14. The van der Waals surface area contributed by atoms with Gasteiger partial charge in [-0.15, -0.1) is 0 Å². The van der Waals surface area contributed by atoms with Crippen LogP contribution < -0.4 is 31.1 Å². The van der Waals surface area contributed by atoms with Crippen LogP contribution in [0.4, 0.5) is 47.1 Å². The van der Waals surface area contributed by atoms with E-state index in [1.807, 2.05) is 0 Å². The summed E-state index contributed by atoms with van der Waals surface area (Å²) in [6.45, 7) is -0.377. The summed E-state index contributed by atoms with van der Waals surface area (Å²) in [6.07, 6.45) is -2.57. The van der Waals surface area contributed by atoms with E-state index in [2.05, 4.69) is 51.2 Å². The van der Waals surface area contributed by atoms with E-state index in [9.17, 15) is 82.5 Å². The van der Waals surface area contributed by atoms with E-state index in [4.69, 9.17) is 0 Å². The smallest absolute Gasteiger partial charge is 0.295 e. The van der Waals surface area contributed by atoms with Gasteiger partial charge in [-0.3, -0.25) is 18.2 Å². The molecule has 4 aromatic rings. The van der Waals surface area contributed by atoms with E-state index in [0.717, 1.165) is 24.3 Å². The zero-order valence-electron chi connectivity index (χ0n) is 36.9. The van der Waals surface area contributed by atoms with Crippen molar-refractivity contribution >= 4 is 99.7 Å². The Balaban J connectivity index is 1.73. The Hall–Kier alpha value is -5.60. The minimum atomic E-state index is -5.07. The monoisotopic (exact) mass is 1070 g/mol. The van der Waals surface area contributed by atoms with Crippen molar-refractivity contribution in [1.29, 1.82) is 0 Å². The summed E-state index contributed by atoms with van der Waals surface area (Å²) in [5.74, 6) is -3.25. The van der Waals surface area contributed by atoms with Crippen molar-refractivity contribution in [3.05, 3.63) is 47.5 Å².